The Kier molecular flexibility index (Phi) is 3.17. The van der Waals surface area contributed by atoms with Crippen LogP contribution in [-0.2, 0) is 10.2 Å². The molecule has 0 heterocycles. The van der Waals surface area contributed by atoms with Crippen LogP contribution in [0.15, 0.2) is 22.7 Å². The number of rotatable bonds is 4. The molecule has 4 heteroatoms. The summed E-state index contributed by atoms with van der Waals surface area (Å²) in [6, 6.07) is 5.77. The highest BCUT2D eigenvalue weighted by atomic mass is 79.9. The molecule has 2 rings (SSSR count). The topological polar surface area (TPSA) is 46.5 Å². The van der Waals surface area contributed by atoms with Crippen LogP contribution in [0.2, 0.25) is 0 Å². The lowest BCUT2D eigenvalue weighted by Crippen LogP contribution is -2.26. The molecule has 1 saturated carbocycles. The highest BCUT2D eigenvalue weighted by Crippen LogP contribution is 2.56. The van der Waals surface area contributed by atoms with Gasteiger partial charge in [-0.25, -0.2) is 0 Å². The van der Waals surface area contributed by atoms with E-state index in [4.69, 9.17) is 4.74 Å². The average molecular weight is 299 g/mol. The van der Waals surface area contributed by atoms with Gasteiger partial charge in [-0.3, -0.25) is 4.79 Å². The summed E-state index contributed by atoms with van der Waals surface area (Å²) >= 11 is 3.43. The van der Waals surface area contributed by atoms with E-state index in [1.165, 1.54) is 0 Å². The Morgan fingerprint density at radius 2 is 2.18 bits per heavy atom. The first-order valence-electron chi connectivity index (χ1n) is 5.58. The molecule has 1 atom stereocenters. The molecule has 1 aromatic rings. The molecule has 0 aliphatic heterocycles. The van der Waals surface area contributed by atoms with Crippen molar-refractivity contribution in [3.63, 3.8) is 0 Å². The third kappa shape index (κ3) is 2.06. The van der Waals surface area contributed by atoms with Crippen LogP contribution in [0.3, 0.4) is 0 Å². The zero-order valence-corrected chi connectivity index (χ0v) is 11.5. The smallest absolute Gasteiger partial charge is 0.307 e. The first kappa shape index (κ1) is 12.4. The molecule has 17 heavy (non-hydrogen) atoms. The summed E-state index contributed by atoms with van der Waals surface area (Å²) in [7, 11) is 1.62. The van der Waals surface area contributed by atoms with Crippen LogP contribution < -0.4 is 4.74 Å². The maximum atomic E-state index is 11.2. The van der Waals surface area contributed by atoms with Crippen LogP contribution in [0, 0.1) is 5.92 Å². The fourth-order valence-electron chi connectivity index (χ4n) is 2.38. The van der Waals surface area contributed by atoms with Crippen molar-refractivity contribution < 1.29 is 14.6 Å². The third-order valence-electron chi connectivity index (χ3n) is 3.69. The second kappa shape index (κ2) is 4.33. The van der Waals surface area contributed by atoms with E-state index < -0.39 is 5.97 Å². The van der Waals surface area contributed by atoms with Gasteiger partial charge < -0.3 is 9.84 Å². The zero-order chi connectivity index (χ0) is 12.6. The molecule has 1 unspecified atom stereocenters. The van der Waals surface area contributed by atoms with Crippen molar-refractivity contribution in [2.24, 2.45) is 5.92 Å². The number of carboxylic acid groups (broad SMARTS) is 1. The summed E-state index contributed by atoms with van der Waals surface area (Å²) in [6.07, 6.45) is 1.82. The van der Waals surface area contributed by atoms with Gasteiger partial charge >= 0.3 is 5.97 Å². The number of methoxy groups -OCH3 is 1. The van der Waals surface area contributed by atoms with Crippen LogP contribution in [0.5, 0.6) is 5.75 Å². The highest BCUT2D eigenvalue weighted by molar-refractivity contribution is 9.10. The Hall–Kier alpha value is -1.03. The lowest BCUT2D eigenvalue weighted by Gasteiger charge is -2.22. The number of hydrogen-bond donors (Lipinski definition) is 1. The van der Waals surface area contributed by atoms with Gasteiger partial charge in [-0.15, -0.1) is 0 Å². The van der Waals surface area contributed by atoms with Crippen molar-refractivity contribution in [1.29, 1.82) is 0 Å². The van der Waals surface area contributed by atoms with Crippen molar-refractivity contribution in [2.45, 2.75) is 25.2 Å². The summed E-state index contributed by atoms with van der Waals surface area (Å²) in [6.45, 7) is 1.77. The van der Waals surface area contributed by atoms with E-state index >= 15 is 0 Å². The second-order valence-corrected chi connectivity index (χ2v) is 5.48. The van der Waals surface area contributed by atoms with Gasteiger partial charge in [0.15, 0.2) is 0 Å². The zero-order valence-electron chi connectivity index (χ0n) is 9.87. The first-order valence-corrected chi connectivity index (χ1v) is 6.37. The summed E-state index contributed by atoms with van der Waals surface area (Å²) in [5.41, 5.74) is 0.755. The minimum atomic E-state index is -0.746. The maximum absolute atomic E-state index is 11.2. The minimum Gasteiger partial charge on any atom is -0.496 e. The number of halogens is 1. The summed E-state index contributed by atoms with van der Waals surface area (Å²) in [5, 5.41) is 9.20. The van der Waals surface area contributed by atoms with E-state index in [1.807, 2.05) is 18.2 Å². The lowest BCUT2D eigenvalue weighted by molar-refractivity contribution is -0.142. The van der Waals surface area contributed by atoms with E-state index in [0.717, 1.165) is 28.6 Å². The molecule has 92 valence electrons. The molecule has 0 aromatic heterocycles. The summed E-state index contributed by atoms with van der Waals surface area (Å²) < 4.78 is 6.30. The molecule has 1 aromatic carbocycles. The van der Waals surface area contributed by atoms with Crippen LogP contribution in [0.4, 0.5) is 0 Å². The third-order valence-corrected chi connectivity index (χ3v) is 4.18. The molecule has 1 aliphatic rings. The van der Waals surface area contributed by atoms with E-state index in [1.54, 1.807) is 14.0 Å². The van der Waals surface area contributed by atoms with Crippen LogP contribution in [-0.4, -0.2) is 18.2 Å². The summed E-state index contributed by atoms with van der Waals surface area (Å²) in [5.74, 6) is -0.353. The second-order valence-electron chi connectivity index (χ2n) is 4.56. The van der Waals surface area contributed by atoms with Gasteiger partial charge in [0, 0.05) is 15.5 Å². The number of ether oxygens (including phenoxy) is 1. The van der Waals surface area contributed by atoms with Crippen LogP contribution in [0.1, 0.15) is 25.3 Å². The standard InChI is InChI=1S/C13H15BrO3/c1-8(12(15)16)13(5-6-13)10-7-9(14)3-4-11(10)17-2/h3-4,7-8H,5-6H2,1-2H3,(H,15,16). The Balaban J connectivity index is 2.46. The number of hydrogen-bond acceptors (Lipinski definition) is 2. The molecular weight excluding hydrogens is 284 g/mol. The number of benzene rings is 1. The molecular formula is C13H15BrO3. The normalized spacial score (nSPS) is 18.5. The number of aliphatic carboxylic acids is 1. The van der Waals surface area contributed by atoms with E-state index in [-0.39, 0.29) is 11.3 Å². The monoisotopic (exact) mass is 298 g/mol. The van der Waals surface area contributed by atoms with Crippen LogP contribution in [0.25, 0.3) is 0 Å². The lowest BCUT2D eigenvalue weighted by atomic mass is 9.83. The molecule has 0 amide bonds. The Morgan fingerprint density at radius 1 is 1.53 bits per heavy atom. The van der Waals surface area contributed by atoms with E-state index in [9.17, 15) is 9.90 Å². The molecule has 0 bridgehead atoms. The van der Waals surface area contributed by atoms with Gasteiger partial charge in [0.25, 0.3) is 0 Å². The van der Waals surface area contributed by atoms with Gasteiger partial charge in [-0.05, 0) is 31.0 Å². The first-order chi connectivity index (χ1) is 8.01. The predicted octanol–water partition coefficient (Wildman–Crippen LogP) is 3.21. The molecule has 0 spiro atoms. The Labute approximate surface area is 109 Å². The van der Waals surface area contributed by atoms with Gasteiger partial charge in [-0.2, -0.15) is 0 Å². The van der Waals surface area contributed by atoms with Gasteiger partial charge in [-0.1, -0.05) is 22.9 Å². The minimum absolute atomic E-state index is 0.249. The van der Waals surface area contributed by atoms with E-state index in [0.29, 0.717) is 0 Å². The number of carbonyl (C=O) groups is 1. The average Bonchev–Trinajstić information content (AvgIpc) is 3.09. The van der Waals surface area contributed by atoms with Crippen molar-refractivity contribution in [3.05, 3.63) is 28.2 Å². The van der Waals surface area contributed by atoms with Gasteiger partial charge in [0.1, 0.15) is 5.75 Å². The Morgan fingerprint density at radius 3 is 2.65 bits per heavy atom. The highest BCUT2D eigenvalue weighted by Gasteiger charge is 2.53. The van der Waals surface area contributed by atoms with Crippen molar-refractivity contribution in [2.75, 3.05) is 7.11 Å². The molecule has 1 fully saturated rings. The van der Waals surface area contributed by atoms with Crippen molar-refractivity contribution in [1.82, 2.24) is 0 Å². The van der Waals surface area contributed by atoms with E-state index in [2.05, 4.69) is 15.9 Å². The van der Waals surface area contributed by atoms with Crippen LogP contribution >= 0.6 is 15.9 Å². The fraction of sp³-hybridized carbons (Fsp3) is 0.462. The summed E-state index contributed by atoms with van der Waals surface area (Å²) in [4.78, 5) is 11.2. The maximum Gasteiger partial charge on any atom is 0.307 e. The quantitative estimate of drug-likeness (QED) is 0.928. The molecule has 1 N–H and O–H groups in total. The van der Waals surface area contributed by atoms with Gasteiger partial charge in [0.2, 0.25) is 0 Å². The SMILES string of the molecule is COc1ccc(Br)cc1C1(C(C)C(=O)O)CC1. The van der Waals surface area contributed by atoms with Crippen molar-refractivity contribution in [3.8, 4) is 5.75 Å². The fourth-order valence-corrected chi connectivity index (χ4v) is 2.74. The molecule has 0 saturated heterocycles. The largest absolute Gasteiger partial charge is 0.496 e. The molecule has 1 aliphatic carbocycles. The number of carboxylic acids is 1. The molecule has 0 radical (unpaired) electrons. The Bertz CT molecular complexity index is 452. The predicted molar refractivity (Wildman–Crippen MR) is 68.4 cm³/mol. The molecule has 3 nitrogen and oxygen atoms in total. The van der Waals surface area contributed by atoms with Crippen molar-refractivity contribution >= 4 is 21.9 Å². The van der Waals surface area contributed by atoms with Gasteiger partial charge in [0.05, 0.1) is 13.0 Å².